The number of methoxy groups -OCH3 is 1. The molecule has 0 radical (unpaired) electrons. The van der Waals surface area contributed by atoms with E-state index in [1.165, 1.54) is 18.4 Å². The third-order valence-corrected chi connectivity index (χ3v) is 3.39. The summed E-state index contributed by atoms with van der Waals surface area (Å²) in [6.07, 6.45) is 2.57. The summed E-state index contributed by atoms with van der Waals surface area (Å²) < 4.78 is 5.15. The maximum absolute atomic E-state index is 8.62. The molecule has 0 unspecified atom stereocenters. The van der Waals surface area contributed by atoms with Gasteiger partial charge >= 0.3 is 0 Å². The molecule has 0 saturated heterocycles. The number of nitrogens with two attached hydrogens (primary N) is 1. The van der Waals surface area contributed by atoms with E-state index in [-0.39, 0.29) is 5.84 Å². The van der Waals surface area contributed by atoms with Crippen molar-refractivity contribution in [2.24, 2.45) is 10.9 Å². The standard InChI is InChI=1S/C14H21N3O2/c1-19-9-8-17(13-6-7-13)10-11-2-4-12(5-3-11)14(15)16-18/h2-5,13,18H,6-10H2,1H3,(H2,15,16). The molecule has 1 aromatic rings. The first kappa shape index (κ1) is 13.8. The van der Waals surface area contributed by atoms with E-state index >= 15 is 0 Å². The smallest absolute Gasteiger partial charge is 0.170 e. The first-order valence-electron chi connectivity index (χ1n) is 6.54. The zero-order valence-corrected chi connectivity index (χ0v) is 11.2. The summed E-state index contributed by atoms with van der Waals surface area (Å²) in [7, 11) is 1.73. The molecule has 0 bridgehead atoms. The van der Waals surface area contributed by atoms with Crippen molar-refractivity contribution in [2.45, 2.75) is 25.4 Å². The van der Waals surface area contributed by atoms with E-state index < -0.39 is 0 Å². The molecule has 5 nitrogen and oxygen atoms in total. The Morgan fingerprint density at radius 3 is 2.63 bits per heavy atom. The fraction of sp³-hybridized carbons (Fsp3) is 0.500. The van der Waals surface area contributed by atoms with E-state index in [4.69, 9.17) is 15.7 Å². The lowest BCUT2D eigenvalue weighted by molar-refractivity contribution is 0.139. The molecule has 0 heterocycles. The van der Waals surface area contributed by atoms with Crippen LogP contribution < -0.4 is 5.73 Å². The van der Waals surface area contributed by atoms with Crippen LogP contribution in [0.2, 0.25) is 0 Å². The van der Waals surface area contributed by atoms with Crippen LogP contribution in [0.4, 0.5) is 0 Å². The van der Waals surface area contributed by atoms with Crippen molar-refractivity contribution in [3.8, 4) is 0 Å². The normalized spacial score (nSPS) is 16.0. The summed E-state index contributed by atoms with van der Waals surface area (Å²) in [5.74, 6) is 0.144. The Morgan fingerprint density at radius 1 is 1.42 bits per heavy atom. The average Bonchev–Trinajstić information content (AvgIpc) is 3.28. The molecular formula is C14H21N3O2. The van der Waals surface area contributed by atoms with Gasteiger partial charge in [0, 0.05) is 31.8 Å². The van der Waals surface area contributed by atoms with Gasteiger partial charge in [0.25, 0.3) is 0 Å². The summed E-state index contributed by atoms with van der Waals surface area (Å²) >= 11 is 0. The van der Waals surface area contributed by atoms with Crippen molar-refractivity contribution in [1.82, 2.24) is 4.90 Å². The number of nitrogens with zero attached hydrogens (tertiary/aromatic N) is 2. The molecule has 0 spiro atoms. The molecule has 104 valence electrons. The Morgan fingerprint density at radius 2 is 2.11 bits per heavy atom. The van der Waals surface area contributed by atoms with Crippen LogP contribution in [0.1, 0.15) is 24.0 Å². The molecule has 19 heavy (non-hydrogen) atoms. The van der Waals surface area contributed by atoms with Crippen LogP contribution in [-0.2, 0) is 11.3 Å². The Hall–Kier alpha value is -1.59. The third-order valence-electron chi connectivity index (χ3n) is 3.39. The molecule has 1 fully saturated rings. The quantitative estimate of drug-likeness (QED) is 0.337. The predicted octanol–water partition coefficient (Wildman–Crippen LogP) is 1.39. The monoisotopic (exact) mass is 263 g/mol. The Labute approximate surface area is 113 Å². The van der Waals surface area contributed by atoms with Gasteiger partial charge in [-0.2, -0.15) is 0 Å². The predicted molar refractivity (Wildman–Crippen MR) is 74.3 cm³/mol. The molecule has 1 aliphatic carbocycles. The van der Waals surface area contributed by atoms with Crippen LogP contribution in [0.25, 0.3) is 0 Å². The van der Waals surface area contributed by atoms with Gasteiger partial charge in [0.15, 0.2) is 5.84 Å². The van der Waals surface area contributed by atoms with Crippen LogP contribution in [0.5, 0.6) is 0 Å². The molecule has 0 atom stereocenters. The first-order chi connectivity index (χ1) is 9.24. The lowest BCUT2D eigenvalue weighted by atomic mass is 10.1. The topological polar surface area (TPSA) is 71.1 Å². The lowest BCUT2D eigenvalue weighted by Crippen LogP contribution is -2.29. The highest BCUT2D eigenvalue weighted by molar-refractivity contribution is 5.96. The summed E-state index contributed by atoms with van der Waals surface area (Å²) in [6.45, 7) is 2.65. The van der Waals surface area contributed by atoms with Crippen molar-refractivity contribution < 1.29 is 9.94 Å². The van der Waals surface area contributed by atoms with Gasteiger partial charge in [-0.05, 0) is 18.4 Å². The van der Waals surface area contributed by atoms with Gasteiger partial charge in [0.05, 0.1) is 6.61 Å². The van der Waals surface area contributed by atoms with E-state index in [1.807, 2.05) is 24.3 Å². The van der Waals surface area contributed by atoms with E-state index in [0.29, 0.717) is 6.04 Å². The second-order valence-corrected chi connectivity index (χ2v) is 4.88. The molecular weight excluding hydrogens is 242 g/mol. The summed E-state index contributed by atoms with van der Waals surface area (Å²) in [6, 6.07) is 8.52. The van der Waals surface area contributed by atoms with Gasteiger partial charge in [-0.15, -0.1) is 0 Å². The zero-order chi connectivity index (χ0) is 13.7. The van der Waals surface area contributed by atoms with Gasteiger partial charge in [-0.25, -0.2) is 0 Å². The number of hydrogen-bond acceptors (Lipinski definition) is 4. The number of benzene rings is 1. The van der Waals surface area contributed by atoms with Crippen LogP contribution in [-0.4, -0.2) is 42.2 Å². The fourth-order valence-electron chi connectivity index (χ4n) is 2.11. The van der Waals surface area contributed by atoms with Gasteiger partial charge in [-0.1, -0.05) is 29.4 Å². The number of amidine groups is 1. The van der Waals surface area contributed by atoms with Crippen LogP contribution in [0.15, 0.2) is 29.4 Å². The number of rotatable bonds is 7. The Balaban J connectivity index is 1.97. The van der Waals surface area contributed by atoms with E-state index in [1.54, 1.807) is 7.11 Å². The molecule has 0 aromatic heterocycles. The van der Waals surface area contributed by atoms with E-state index in [0.717, 1.165) is 25.3 Å². The van der Waals surface area contributed by atoms with E-state index in [9.17, 15) is 0 Å². The fourth-order valence-corrected chi connectivity index (χ4v) is 2.11. The summed E-state index contributed by atoms with van der Waals surface area (Å²) in [5.41, 5.74) is 7.51. The highest BCUT2D eigenvalue weighted by Crippen LogP contribution is 2.28. The molecule has 0 amide bonds. The van der Waals surface area contributed by atoms with Crippen LogP contribution in [0.3, 0.4) is 0 Å². The van der Waals surface area contributed by atoms with Gasteiger partial charge < -0.3 is 15.7 Å². The molecule has 5 heteroatoms. The second kappa shape index (κ2) is 6.54. The Kier molecular flexibility index (Phi) is 4.76. The molecule has 1 aliphatic rings. The minimum absolute atomic E-state index is 0.144. The molecule has 1 saturated carbocycles. The van der Waals surface area contributed by atoms with Gasteiger partial charge in [0.1, 0.15) is 0 Å². The maximum Gasteiger partial charge on any atom is 0.170 e. The van der Waals surface area contributed by atoms with Crippen molar-refractivity contribution >= 4 is 5.84 Å². The largest absolute Gasteiger partial charge is 0.409 e. The highest BCUT2D eigenvalue weighted by atomic mass is 16.5. The highest BCUT2D eigenvalue weighted by Gasteiger charge is 2.28. The van der Waals surface area contributed by atoms with Crippen LogP contribution in [0, 0.1) is 0 Å². The molecule has 0 aliphatic heterocycles. The number of ether oxygens (including phenoxy) is 1. The van der Waals surface area contributed by atoms with E-state index in [2.05, 4.69) is 10.1 Å². The van der Waals surface area contributed by atoms with Crippen molar-refractivity contribution in [3.63, 3.8) is 0 Å². The maximum atomic E-state index is 8.62. The van der Waals surface area contributed by atoms with Gasteiger partial charge in [-0.3, -0.25) is 4.90 Å². The molecule has 1 aromatic carbocycles. The SMILES string of the molecule is COCCN(Cc1ccc(/C(N)=N/O)cc1)C1CC1. The van der Waals surface area contributed by atoms with Gasteiger partial charge in [0.2, 0.25) is 0 Å². The zero-order valence-electron chi connectivity index (χ0n) is 11.2. The summed E-state index contributed by atoms with van der Waals surface area (Å²) in [4.78, 5) is 2.45. The number of oxime groups is 1. The van der Waals surface area contributed by atoms with Crippen molar-refractivity contribution in [2.75, 3.05) is 20.3 Å². The third kappa shape index (κ3) is 3.94. The molecule has 3 N–H and O–H groups in total. The molecule has 2 rings (SSSR count). The van der Waals surface area contributed by atoms with Crippen molar-refractivity contribution in [3.05, 3.63) is 35.4 Å². The lowest BCUT2D eigenvalue weighted by Gasteiger charge is -2.21. The second-order valence-electron chi connectivity index (χ2n) is 4.88. The summed E-state index contributed by atoms with van der Waals surface area (Å²) in [5, 5.41) is 11.6. The Bertz CT molecular complexity index is 427. The minimum atomic E-state index is 0.144. The minimum Gasteiger partial charge on any atom is -0.409 e. The average molecular weight is 263 g/mol. The number of hydrogen-bond donors (Lipinski definition) is 2. The van der Waals surface area contributed by atoms with Crippen molar-refractivity contribution in [1.29, 1.82) is 0 Å². The first-order valence-corrected chi connectivity index (χ1v) is 6.54. The van der Waals surface area contributed by atoms with Crippen LogP contribution >= 0.6 is 0 Å².